The second-order valence-electron chi connectivity index (χ2n) is 4.63. The van der Waals surface area contributed by atoms with Crippen LogP contribution in [0.2, 0.25) is 0 Å². The number of nitrogens with zero attached hydrogens (tertiary/aromatic N) is 2. The zero-order chi connectivity index (χ0) is 15.9. The van der Waals surface area contributed by atoms with E-state index in [0.717, 1.165) is 23.5 Å². The predicted octanol–water partition coefficient (Wildman–Crippen LogP) is 4.44. The molecule has 0 spiro atoms. The van der Waals surface area contributed by atoms with Crippen molar-refractivity contribution in [1.29, 1.82) is 0 Å². The van der Waals surface area contributed by atoms with Crippen molar-refractivity contribution in [3.8, 4) is 11.5 Å². The van der Waals surface area contributed by atoms with E-state index in [1.807, 2.05) is 63.8 Å². The summed E-state index contributed by atoms with van der Waals surface area (Å²) in [5.74, 6) is 1.69. The summed E-state index contributed by atoms with van der Waals surface area (Å²) >= 11 is 0. The van der Waals surface area contributed by atoms with E-state index in [2.05, 4.69) is 17.5 Å². The van der Waals surface area contributed by atoms with E-state index in [1.54, 1.807) is 0 Å². The lowest BCUT2D eigenvalue weighted by atomic mass is 10.1. The molecule has 0 aromatic heterocycles. The van der Waals surface area contributed by atoms with Gasteiger partial charge in [-0.15, -0.1) is 6.58 Å². The first-order valence-electron chi connectivity index (χ1n) is 7.08. The van der Waals surface area contributed by atoms with Gasteiger partial charge in [-0.2, -0.15) is 0 Å². The van der Waals surface area contributed by atoms with Crippen molar-refractivity contribution in [2.24, 2.45) is 0 Å². The van der Waals surface area contributed by atoms with E-state index in [4.69, 9.17) is 9.68 Å². The van der Waals surface area contributed by atoms with Crippen LogP contribution in [-0.4, -0.2) is 9.21 Å². The van der Waals surface area contributed by atoms with Crippen LogP contribution in [0.1, 0.15) is 5.56 Å². The van der Waals surface area contributed by atoms with E-state index in [-0.39, 0.29) is 0 Å². The van der Waals surface area contributed by atoms with E-state index in [1.165, 1.54) is 0 Å². The molecule has 23 heavy (non-hydrogen) atoms. The van der Waals surface area contributed by atoms with Crippen LogP contribution in [0.15, 0.2) is 67.3 Å². The average Bonchev–Trinajstić information content (AvgIpc) is 2.58. The van der Waals surface area contributed by atoms with Crippen molar-refractivity contribution in [2.45, 2.75) is 6.42 Å². The number of allylic oxidation sites excluding steroid dienone is 1. The second kappa shape index (κ2) is 8.70. The molecule has 5 nitrogen and oxygen atoms in total. The average molecular weight is 365 g/mol. The van der Waals surface area contributed by atoms with E-state index in [9.17, 15) is 0 Å². The van der Waals surface area contributed by atoms with Crippen LogP contribution in [-0.2, 0) is 6.42 Å². The van der Waals surface area contributed by atoms with Crippen molar-refractivity contribution in [3.63, 3.8) is 0 Å². The van der Waals surface area contributed by atoms with Crippen LogP contribution in [0.4, 0.5) is 0 Å². The highest BCUT2D eigenvalue weighted by molar-refractivity contribution is 7.64. The summed E-state index contributed by atoms with van der Waals surface area (Å²) < 4.78 is 3.77. The van der Waals surface area contributed by atoms with Crippen LogP contribution < -0.4 is 14.5 Å². The number of nitrogens with one attached hydrogen (secondary N) is 1. The first-order valence-corrected chi connectivity index (χ1v) is 9.86. The molecule has 3 rings (SSSR count). The van der Waals surface area contributed by atoms with Gasteiger partial charge in [0.2, 0.25) is 0 Å². The first-order chi connectivity index (χ1) is 11.3. The first kappa shape index (κ1) is 16.8. The van der Waals surface area contributed by atoms with Gasteiger partial charge in [0.05, 0.1) is 17.8 Å². The maximum atomic E-state index is 6.04. The Morgan fingerprint density at radius 3 is 2.43 bits per heavy atom. The minimum Gasteiger partial charge on any atom is -0.397 e. The summed E-state index contributed by atoms with van der Waals surface area (Å²) in [4.78, 5) is 15.2. The maximum absolute atomic E-state index is 6.04. The van der Waals surface area contributed by atoms with E-state index < -0.39 is 0 Å². The number of para-hydroxylation sites is 2. The molecule has 0 saturated carbocycles. The highest BCUT2D eigenvalue weighted by Gasteiger charge is 2.21. The molecule has 8 heteroatoms. The molecular weight excluding hydrogens is 347 g/mol. The smallest absolute Gasteiger partial charge is 0.151 e. The normalized spacial score (nSPS) is 19.1. The van der Waals surface area contributed by atoms with Gasteiger partial charge >= 0.3 is 0 Å². The van der Waals surface area contributed by atoms with Gasteiger partial charge in [-0.1, -0.05) is 51.7 Å². The monoisotopic (exact) mass is 365 g/mol. The molecule has 0 radical (unpaired) electrons. The van der Waals surface area contributed by atoms with Crippen molar-refractivity contribution < 1.29 is 9.68 Å². The Morgan fingerprint density at radius 2 is 1.65 bits per heavy atom. The van der Waals surface area contributed by atoms with Gasteiger partial charge in [-0.25, -0.2) is 4.86 Å². The minimum atomic E-state index is 0.292. The van der Waals surface area contributed by atoms with Crippen molar-refractivity contribution in [2.75, 3.05) is 0 Å². The van der Waals surface area contributed by atoms with Gasteiger partial charge in [0, 0.05) is 5.56 Å². The van der Waals surface area contributed by atoms with E-state index in [0.29, 0.717) is 26.6 Å². The summed E-state index contributed by atoms with van der Waals surface area (Å²) in [6.45, 7) is 3.80. The molecule has 3 unspecified atom stereocenters. The second-order valence-corrected chi connectivity index (χ2v) is 8.80. The molecule has 3 atom stereocenters. The number of hydrogen-bond donors (Lipinski definition) is 1. The number of benzene rings is 2. The molecule has 1 aliphatic rings. The molecular formula is C15H18N3O2P3. The lowest BCUT2D eigenvalue weighted by molar-refractivity contribution is 0.0975. The highest BCUT2D eigenvalue weighted by atomic mass is 31.2. The molecule has 0 amide bonds. The van der Waals surface area contributed by atoms with Crippen molar-refractivity contribution in [3.05, 3.63) is 72.8 Å². The van der Waals surface area contributed by atoms with E-state index >= 15 is 0 Å². The zero-order valence-corrected chi connectivity index (χ0v) is 15.4. The summed E-state index contributed by atoms with van der Waals surface area (Å²) in [6, 6.07) is 17.8. The Kier molecular flexibility index (Phi) is 6.36. The highest BCUT2D eigenvalue weighted by Crippen LogP contribution is 2.47. The molecule has 2 aromatic rings. The Bertz CT molecular complexity index is 645. The molecule has 0 bridgehead atoms. The molecule has 1 saturated heterocycles. The molecule has 1 fully saturated rings. The predicted molar refractivity (Wildman–Crippen MR) is 99.8 cm³/mol. The molecule has 2 aromatic carbocycles. The van der Waals surface area contributed by atoms with Crippen molar-refractivity contribution >= 4 is 26.6 Å². The standard InChI is InChI=1S/C15H18N3O2P3/c1-2-8-13-9-6-7-12-15(13)20-18-22-16-21-17(23-18)19-14-10-4-3-5-11-14/h2-7,9-12,16,21-23H,1,8H2. The van der Waals surface area contributed by atoms with Crippen LogP contribution in [0.25, 0.3) is 0 Å². The summed E-state index contributed by atoms with van der Waals surface area (Å²) in [5, 5.41) is 0. The number of hydrogen-bond acceptors (Lipinski definition) is 5. The summed E-state index contributed by atoms with van der Waals surface area (Å²) in [5.41, 5.74) is 1.13. The Balaban J connectivity index is 1.62. The largest absolute Gasteiger partial charge is 0.397 e. The SMILES string of the molecule is C=CCc1ccccc1ON1PNPN(Oc2ccccc2)P1. The zero-order valence-electron chi connectivity index (χ0n) is 12.4. The Hall–Kier alpha value is -1.05. The van der Waals surface area contributed by atoms with Gasteiger partial charge in [-0.3, -0.25) is 0 Å². The van der Waals surface area contributed by atoms with Crippen molar-refractivity contribution in [1.82, 2.24) is 14.1 Å². The number of rotatable bonds is 6. The van der Waals surface area contributed by atoms with Gasteiger partial charge in [-0.05, 0) is 24.6 Å². The summed E-state index contributed by atoms with van der Waals surface area (Å²) in [6.07, 6.45) is 2.67. The van der Waals surface area contributed by atoms with Gasteiger partial charge in [0.25, 0.3) is 0 Å². The Labute approximate surface area is 141 Å². The molecule has 120 valence electrons. The molecule has 0 aliphatic carbocycles. The maximum Gasteiger partial charge on any atom is 0.151 e. The fourth-order valence-corrected chi connectivity index (χ4v) is 5.96. The topological polar surface area (TPSA) is 37.0 Å². The lowest BCUT2D eigenvalue weighted by Gasteiger charge is -2.33. The fraction of sp³-hybridized carbons (Fsp3) is 0.0667. The van der Waals surface area contributed by atoms with Crippen LogP contribution in [0, 0.1) is 0 Å². The quantitative estimate of drug-likeness (QED) is 0.605. The third kappa shape index (κ3) is 4.96. The molecule has 1 aliphatic heterocycles. The third-order valence-corrected chi connectivity index (χ3v) is 6.26. The third-order valence-electron chi connectivity index (χ3n) is 2.96. The fourth-order valence-electron chi connectivity index (χ4n) is 1.95. The van der Waals surface area contributed by atoms with Crippen LogP contribution in [0.5, 0.6) is 11.5 Å². The minimum absolute atomic E-state index is 0.292. The Morgan fingerprint density at radius 1 is 0.957 bits per heavy atom. The molecule has 1 N–H and O–H groups in total. The van der Waals surface area contributed by atoms with Gasteiger partial charge in [0.15, 0.2) is 5.75 Å². The van der Waals surface area contributed by atoms with Crippen LogP contribution >= 0.6 is 26.6 Å². The van der Waals surface area contributed by atoms with Crippen LogP contribution in [0.3, 0.4) is 0 Å². The lowest BCUT2D eigenvalue weighted by Crippen LogP contribution is -2.25. The summed E-state index contributed by atoms with van der Waals surface area (Å²) in [7, 11) is 1.10. The van der Waals surface area contributed by atoms with Gasteiger partial charge < -0.3 is 9.68 Å². The van der Waals surface area contributed by atoms with Gasteiger partial charge in [0.1, 0.15) is 14.6 Å². The molecule has 1 heterocycles.